The lowest BCUT2D eigenvalue weighted by Gasteiger charge is -2.09. The molecule has 1 aliphatic rings. The van der Waals surface area contributed by atoms with Crippen molar-refractivity contribution in [2.75, 3.05) is 11.9 Å². The van der Waals surface area contributed by atoms with Gasteiger partial charge in [0.1, 0.15) is 0 Å². The highest BCUT2D eigenvalue weighted by Gasteiger charge is 2.32. The molecule has 0 radical (unpaired) electrons. The first kappa shape index (κ1) is 10.3. The van der Waals surface area contributed by atoms with Gasteiger partial charge in [0.2, 0.25) is 0 Å². The zero-order valence-electron chi connectivity index (χ0n) is 7.66. The van der Waals surface area contributed by atoms with E-state index in [4.69, 9.17) is 28.4 Å². The molecule has 0 fully saturated rings. The fourth-order valence-corrected chi connectivity index (χ4v) is 1.81. The van der Waals surface area contributed by atoms with Crippen LogP contribution in [0.5, 0.6) is 0 Å². The van der Waals surface area contributed by atoms with Crippen molar-refractivity contribution in [2.45, 2.75) is 0 Å². The molecule has 0 aromatic heterocycles. The van der Waals surface area contributed by atoms with E-state index in [-0.39, 0.29) is 11.6 Å². The van der Waals surface area contributed by atoms with Gasteiger partial charge in [-0.05, 0) is 12.1 Å². The zero-order valence-corrected chi connectivity index (χ0v) is 9.17. The highest BCUT2D eigenvalue weighted by Crippen LogP contribution is 2.35. The Morgan fingerprint density at radius 1 is 1.33 bits per heavy atom. The molecule has 0 saturated carbocycles. The predicted molar refractivity (Wildman–Crippen MR) is 58.2 cm³/mol. The van der Waals surface area contributed by atoms with E-state index in [2.05, 4.69) is 5.16 Å². The summed E-state index contributed by atoms with van der Waals surface area (Å²) >= 11 is 11.6. The Labute approximate surface area is 95.7 Å². The summed E-state index contributed by atoms with van der Waals surface area (Å²) in [5, 5.41) is 12.4. The summed E-state index contributed by atoms with van der Waals surface area (Å²) in [7, 11) is 1.57. The van der Waals surface area contributed by atoms with E-state index in [1.54, 1.807) is 13.1 Å². The number of oxime groups is 1. The number of rotatable bonds is 0. The number of hydrogen-bond acceptors (Lipinski definition) is 3. The molecule has 15 heavy (non-hydrogen) atoms. The smallest absolute Gasteiger partial charge is 0.280 e. The predicted octanol–water partition coefficient (Wildman–Crippen LogP) is 2.15. The highest BCUT2D eigenvalue weighted by atomic mass is 35.5. The second-order valence-electron chi connectivity index (χ2n) is 3.10. The molecule has 2 rings (SSSR count). The van der Waals surface area contributed by atoms with Crippen molar-refractivity contribution in [1.82, 2.24) is 0 Å². The SMILES string of the molecule is CN1C(=O)C(=NO)c2cc(Cl)c(Cl)cc21. The number of carbonyl (C=O) groups is 1. The molecule has 1 aromatic rings. The first-order chi connectivity index (χ1) is 7.06. The molecule has 1 N–H and O–H groups in total. The summed E-state index contributed by atoms with van der Waals surface area (Å²) in [6.45, 7) is 0. The average molecular weight is 245 g/mol. The van der Waals surface area contributed by atoms with Gasteiger partial charge < -0.3 is 10.1 Å². The van der Waals surface area contributed by atoms with E-state index < -0.39 is 0 Å². The van der Waals surface area contributed by atoms with Crippen LogP contribution in [0.25, 0.3) is 0 Å². The largest absolute Gasteiger partial charge is 0.410 e. The Hall–Kier alpha value is -1.26. The van der Waals surface area contributed by atoms with Crippen LogP contribution in [0.2, 0.25) is 10.0 Å². The van der Waals surface area contributed by atoms with E-state index in [0.717, 1.165) is 0 Å². The Morgan fingerprint density at radius 3 is 2.53 bits per heavy atom. The molecule has 1 aromatic carbocycles. The standard InChI is InChI=1S/C9H6Cl2N2O2/c1-13-7-3-6(11)5(10)2-4(7)8(12-15)9(13)14/h2-3,15H,1H3. The zero-order chi connectivity index (χ0) is 11.2. The van der Waals surface area contributed by atoms with Gasteiger partial charge in [-0.1, -0.05) is 28.4 Å². The van der Waals surface area contributed by atoms with Gasteiger partial charge in [-0.25, -0.2) is 0 Å². The van der Waals surface area contributed by atoms with E-state index >= 15 is 0 Å². The molecule has 1 amide bonds. The number of halogens is 2. The minimum Gasteiger partial charge on any atom is -0.410 e. The summed E-state index contributed by atoms with van der Waals surface area (Å²) in [5.41, 5.74) is 1.05. The number of hydrogen-bond donors (Lipinski definition) is 1. The maximum Gasteiger partial charge on any atom is 0.280 e. The van der Waals surface area contributed by atoms with Crippen LogP contribution in [-0.2, 0) is 4.79 Å². The minimum atomic E-state index is -0.383. The Balaban J connectivity index is 2.72. The number of fused-ring (bicyclic) bond motifs is 1. The first-order valence-corrected chi connectivity index (χ1v) is 4.81. The van der Waals surface area contributed by atoms with Crippen LogP contribution in [0.3, 0.4) is 0 Å². The van der Waals surface area contributed by atoms with E-state index in [1.807, 2.05) is 0 Å². The monoisotopic (exact) mass is 244 g/mol. The molecule has 6 heteroatoms. The Bertz CT molecular complexity index is 485. The molecule has 0 bridgehead atoms. The summed E-state index contributed by atoms with van der Waals surface area (Å²) in [5.74, 6) is -0.383. The van der Waals surface area contributed by atoms with Crippen molar-refractivity contribution in [3.8, 4) is 0 Å². The van der Waals surface area contributed by atoms with Crippen molar-refractivity contribution < 1.29 is 10.0 Å². The van der Waals surface area contributed by atoms with Crippen LogP contribution >= 0.6 is 23.2 Å². The molecule has 0 aliphatic carbocycles. The number of anilines is 1. The van der Waals surface area contributed by atoms with Gasteiger partial charge in [-0.3, -0.25) is 4.79 Å². The van der Waals surface area contributed by atoms with Gasteiger partial charge in [-0.2, -0.15) is 0 Å². The normalized spacial score (nSPS) is 17.4. The van der Waals surface area contributed by atoms with Crippen molar-refractivity contribution in [3.63, 3.8) is 0 Å². The first-order valence-electron chi connectivity index (χ1n) is 4.05. The summed E-state index contributed by atoms with van der Waals surface area (Å²) in [4.78, 5) is 12.9. The third-order valence-electron chi connectivity index (χ3n) is 2.26. The van der Waals surface area contributed by atoms with Gasteiger partial charge in [0, 0.05) is 12.6 Å². The molecule has 4 nitrogen and oxygen atoms in total. The second kappa shape index (κ2) is 3.40. The number of carbonyl (C=O) groups excluding carboxylic acids is 1. The van der Waals surface area contributed by atoms with Crippen LogP contribution in [0.4, 0.5) is 5.69 Å². The molecular weight excluding hydrogens is 239 g/mol. The van der Waals surface area contributed by atoms with Gasteiger partial charge in [-0.15, -0.1) is 0 Å². The Kier molecular flexibility index (Phi) is 2.32. The van der Waals surface area contributed by atoms with Gasteiger partial charge >= 0.3 is 0 Å². The molecule has 0 spiro atoms. The lowest BCUT2D eigenvalue weighted by Crippen LogP contribution is -2.25. The topological polar surface area (TPSA) is 52.9 Å². The second-order valence-corrected chi connectivity index (χ2v) is 3.91. The minimum absolute atomic E-state index is 0.0222. The molecule has 78 valence electrons. The van der Waals surface area contributed by atoms with E-state index in [1.165, 1.54) is 11.0 Å². The van der Waals surface area contributed by atoms with Gasteiger partial charge in [0.25, 0.3) is 5.91 Å². The van der Waals surface area contributed by atoms with Crippen LogP contribution in [0.1, 0.15) is 5.56 Å². The maximum atomic E-state index is 11.6. The average Bonchev–Trinajstić information content (AvgIpc) is 2.42. The molecule has 1 heterocycles. The van der Waals surface area contributed by atoms with Crippen LogP contribution in [0.15, 0.2) is 17.3 Å². The number of benzene rings is 1. The summed E-state index contributed by atoms with van der Waals surface area (Å²) in [6, 6.07) is 3.07. The van der Waals surface area contributed by atoms with Crippen LogP contribution in [-0.4, -0.2) is 23.9 Å². The van der Waals surface area contributed by atoms with Crippen molar-refractivity contribution >= 4 is 40.5 Å². The highest BCUT2D eigenvalue weighted by molar-refractivity contribution is 6.55. The quantitative estimate of drug-likeness (QED) is 0.562. The lowest BCUT2D eigenvalue weighted by molar-refractivity contribution is -0.112. The van der Waals surface area contributed by atoms with Crippen molar-refractivity contribution in [3.05, 3.63) is 27.7 Å². The number of amides is 1. The van der Waals surface area contributed by atoms with Gasteiger partial charge in [0.05, 0.1) is 15.7 Å². The number of nitrogens with zero attached hydrogens (tertiary/aromatic N) is 2. The Morgan fingerprint density at radius 2 is 1.93 bits per heavy atom. The summed E-state index contributed by atoms with van der Waals surface area (Å²) in [6.07, 6.45) is 0. The van der Waals surface area contributed by atoms with E-state index in [0.29, 0.717) is 21.3 Å². The fourth-order valence-electron chi connectivity index (χ4n) is 1.48. The number of likely N-dealkylation sites (N-methyl/N-ethyl adjacent to an activating group) is 1. The van der Waals surface area contributed by atoms with Crippen LogP contribution < -0.4 is 4.90 Å². The van der Waals surface area contributed by atoms with E-state index in [9.17, 15) is 4.79 Å². The molecule has 0 atom stereocenters. The summed E-state index contributed by atoms with van der Waals surface area (Å²) < 4.78 is 0. The maximum absolute atomic E-state index is 11.6. The molecular formula is C9H6Cl2N2O2. The van der Waals surface area contributed by atoms with Crippen molar-refractivity contribution in [2.24, 2.45) is 5.16 Å². The van der Waals surface area contributed by atoms with Gasteiger partial charge in [0.15, 0.2) is 5.71 Å². The lowest BCUT2D eigenvalue weighted by atomic mass is 10.1. The molecule has 0 saturated heterocycles. The third kappa shape index (κ3) is 1.37. The third-order valence-corrected chi connectivity index (χ3v) is 2.98. The fraction of sp³-hybridized carbons (Fsp3) is 0.111. The molecule has 0 unspecified atom stereocenters. The van der Waals surface area contributed by atoms with Crippen LogP contribution in [0, 0.1) is 0 Å². The molecule has 1 aliphatic heterocycles. The van der Waals surface area contributed by atoms with Crippen molar-refractivity contribution in [1.29, 1.82) is 0 Å².